The van der Waals surface area contributed by atoms with Crippen molar-refractivity contribution in [2.45, 2.75) is 25.9 Å². The number of nitrogens with two attached hydrogens (primary N) is 1. The SMILES string of the molecule is CC(C)(CN)NC(=O)Cn1cc([N+](=O)[O-])ccc1=O.Cl. The molecule has 0 aliphatic carbocycles. The van der Waals surface area contributed by atoms with Gasteiger partial charge in [-0.15, -0.1) is 12.4 Å². The average Bonchev–Trinajstić information content (AvgIpc) is 2.31. The Kier molecular flexibility index (Phi) is 6.34. The normalized spacial score (nSPS) is 10.6. The van der Waals surface area contributed by atoms with E-state index in [0.717, 1.165) is 22.9 Å². The Hall–Kier alpha value is -1.93. The van der Waals surface area contributed by atoms with Gasteiger partial charge >= 0.3 is 0 Å². The summed E-state index contributed by atoms with van der Waals surface area (Å²) in [6.07, 6.45) is 1.04. The third-order valence-electron chi connectivity index (χ3n) is 2.48. The Morgan fingerprint density at radius 3 is 2.60 bits per heavy atom. The molecular weight excluding hydrogens is 288 g/mol. The molecule has 3 N–H and O–H groups in total. The minimum atomic E-state index is -0.627. The maximum absolute atomic E-state index is 11.7. The van der Waals surface area contributed by atoms with E-state index < -0.39 is 21.9 Å². The highest BCUT2D eigenvalue weighted by Gasteiger charge is 2.19. The van der Waals surface area contributed by atoms with Crippen LogP contribution >= 0.6 is 12.4 Å². The summed E-state index contributed by atoms with van der Waals surface area (Å²) in [5, 5.41) is 13.2. The van der Waals surface area contributed by atoms with Crippen molar-refractivity contribution in [3.05, 3.63) is 38.8 Å². The fraction of sp³-hybridized carbons (Fsp3) is 0.455. The molecule has 0 spiro atoms. The van der Waals surface area contributed by atoms with Crippen LogP contribution in [0, 0.1) is 10.1 Å². The first-order valence-electron chi connectivity index (χ1n) is 5.61. The minimum Gasteiger partial charge on any atom is -0.348 e. The van der Waals surface area contributed by atoms with Gasteiger partial charge in [0.1, 0.15) is 6.54 Å². The predicted molar refractivity (Wildman–Crippen MR) is 75.9 cm³/mol. The van der Waals surface area contributed by atoms with Crippen LogP contribution in [0.3, 0.4) is 0 Å². The zero-order chi connectivity index (χ0) is 14.6. The van der Waals surface area contributed by atoms with Gasteiger partial charge in [-0.3, -0.25) is 24.3 Å². The fourth-order valence-corrected chi connectivity index (χ4v) is 1.37. The fourth-order valence-electron chi connectivity index (χ4n) is 1.37. The molecule has 0 bridgehead atoms. The van der Waals surface area contributed by atoms with Crippen molar-refractivity contribution in [2.75, 3.05) is 6.54 Å². The number of rotatable bonds is 5. The van der Waals surface area contributed by atoms with Gasteiger partial charge in [-0.25, -0.2) is 0 Å². The Bertz CT molecular complexity index is 556. The molecule has 0 aliphatic rings. The quantitative estimate of drug-likeness (QED) is 0.587. The van der Waals surface area contributed by atoms with Crippen LogP contribution in [0.4, 0.5) is 5.69 Å². The van der Waals surface area contributed by atoms with Crippen LogP contribution < -0.4 is 16.6 Å². The lowest BCUT2D eigenvalue weighted by atomic mass is 10.1. The minimum absolute atomic E-state index is 0. The Morgan fingerprint density at radius 2 is 2.10 bits per heavy atom. The molecule has 0 atom stereocenters. The predicted octanol–water partition coefficient (Wildman–Crippen LogP) is 0.0318. The molecule has 1 heterocycles. The maximum Gasteiger partial charge on any atom is 0.285 e. The molecule has 1 rings (SSSR count). The number of pyridine rings is 1. The number of hydrogen-bond acceptors (Lipinski definition) is 5. The van der Waals surface area contributed by atoms with Crippen LogP contribution in [0.15, 0.2) is 23.1 Å². The Balaban J connectivity index is 0.00000361. The zero-order valence-corrected chi connectivity index (χ0v) is 12.0. The molecule has 1 aromatic rings. The summed E-state index contributed by atoms with van der Waals surface area (Å²) in [5.74, 6) is -0.432. The smallest absolute Gasteiger partial charge is 0.285 e. The number of nitrogens with zero attached hydrogens (tertiary/aromatic N) is 2. The molecule has 0 saturated heterocycles. The molecular formula is C11H17ClN4O4. The van der Waals surface area contributed by atoms with Gasteiger partial charge in [0.05, 0.1) is 11.1 Å². The summed E-state index contributed by atoms with van der Waals surface area (Å²) in [5.41, 5.74) is 4.15. The van der Waals surface area contributed by atoms with Crippen molar-refractivity contribution in [3.8, 4) is 0 Å². The van der Waals surface area contributed by atoms with Crippen LogP contribution in [-0.2, 0) is 11.3 Å². The average molecular weight is 305 g/mol. The van der Waals surface area contributed by atoms with Gasteiger partial charge in [-0.2, -0.15) is 0 Å². The maximum atomic E-state index is 11.7. The summed E-state index contributed by atoms with van der Waals surface area (Å²) >= 11 is 0. The first-order valence-corrected chi connectivity index (χ1v) is 5.61. The Morgan fingerprint density at radius 1 is 1.50 bits per heavy atom. The summed E-state index contributed by atoms with van der Waals surface area (Å²) < 4.78 is 0.986. The highest BCUT2D eigenvalue weighted by molar-refractivity contribution is 5.85. The zero-order valence-electron chi connectivity index (χ0n) is 11.2. The Labute approximate surface area is 121 Å². The lowest BCUT2D eigenvalue weighted by Gasteiger charge is -2.24. The van der Waals surface area contributed by atoms with Gasteiger partial charge in [0, 0.05) is 24.2 Å². The molecule has 1 amide bonds. The molecule has 8 nitrogen and oxygen atoms in total. The monoisotopic (exact) mass is 304 g/mol. The second kappa shape index (κ2) is 7.01. The van der Waals surface area contributed by atoms with Crippen molar-refractivity contribution < 1.29 is 9.72 Å². The molecule has 112 valence electrons. The van der Waals surface area contributed by atoms with Crippen molar-refractivity contribution in [3.63, 3.8) is 0 Å². The molecule has 0 aliphatic heterocycles. The topological polar surface area (TPSA) is 120 Å². The van der Waals surface area contributed by atoms with E-state index in [2.05, 4.69) is 5.32 Å². The van der Waals surface area contributed by atoms with Crippen molar-refractivity contribution in [2.24, 2.45) is 5.73 Å². The third kappa shape index (κ3) is 4.98. The van der Waals surface area contributed by atoms with E-state index in [-0.39, 0.29) is 31.2 Å². The van der Waals surface area contributed by atoms with Crippen molar-refractivity contribution >= 4 is 24.0 Å². The van der Waals surface area contributed by atoms with Crippen LogP contribution in [-0.4, -0.2) is 27.5 Å². The number of carbonyl (C=O) groups excluding carboxylic acids is 1. The number of hydrogen-bond donors (Lipinski definition) is 2. The molecule has 9 heteroatoms. The van der Waals surface area contributed by atoms with Gasteiger partial charge < -0.3 is 11.1 Å². The van der Waals surface area contributed by atoms with Gasteiger partial charge in [-0.05, 0) is 13.8 Å². The van der Waals surface area contributed by atoms with E-state index in [1.165, 1.54) is 0 Å². The first-order chi connectivity index (χ1) is 8.75. The molecule has 0 saturated carbocycles. The summed E-state index contributed by atoms with van der Waals surface area (Å²) in [4.78, 5) is 33.2. The van der Waals surface area contributed by atoms with E-state index >= 15 is 0 Å². The van der Waals surface area contributed by atoms with E-state index in [1.807, 2.05) is 0 Å². The number of halogens is 1. The molecule has 20 heavy (non-hydrogen) atoms. The van der Waals surface area contributed by atoms with Gasteiger partial charge in [-0.1, -0.05) is 0 Å². The van der Waals surface area contributed by atoms with Gasteiger partial charge in [0.25, 0.3) is 11.2 Å². The van der Waals surface area contributed by atoms with Crippen LogP contribution in [0.25, 0.3) is 0 Å². The largest absolute Gasteiger partial charge is 0.348 e. The lowest BCUT2D eigenvalue weighted by molar-refractivity contribution is -0.385. The van der Waals surface area contributed by atoms with Crippen molar-refractivity contribution in [1.82, 2.24) is 9.88 Å². The second-order valence-corrected chi connectivity index (χ2v) is 4.75. The number of aromatic nitrogens is 1. The van der Waals surface area contributed by atoms with E-state index in [9.17, 15) is 19.7 Å². The van der Waals surface area contributed by atoms with Crippen LogP contribution in [0.1, 0.15) is 13.8 Å². The number of nitrogens with one attached hydrogen (secondary N) is 1. The highest BCUT2D eigenvalue weighted by atomic mass is 35.5. The molecule has 1 aromatic heterocycles. The van der Waals surface area contributed by atoms with E-state index in [4.69, 9.17) is 5.73 Å². The first kappa shape index (κ1) is 18.1. The third-order valence-corrected chi connectivity index (χ3v) is 2.48. The van der Waals surface area contributed by atoms with Gasteiger partial charge in [0.15, 0.2) is 0 Å². The number of nitro groups is 1. The number of carbonyl (C=O) groups is 1. The summed E-state index contributed by atoms with van der Waals surface area (Å²) in [7, 11) is 0. The van der Waals surface area contributed by atoms with E-state index in [1.54, 1.807) is 13.8 Å². The van der Waals surface area contributed by atoms with Gasteiger partial charge in [0.2, 0.25) is 5.91 Å². The van der Waals surface area contributed by atoms with E-state index in [0.29, 0.717) is 0 Å². The lowest BCUT2D eigenvalue weighted by Crippen LogP contribution is -2.50. The standard InChI is InChI=1S/C11H16N4O4.ClH/c1-11(2,7-12)13-9(16)6-14-5-8(15(18)19)3-4-10(14)17;/h3-5H,6-7,12H2,1-2H3,(H,13,16);1H. The van der Waals surface area contributed by atoms with Crippen LogP contribution in [0.2, 0.25) is 0 Å². The van der Waals surface area contributed by atoms with Crippen LogP contribution in [0.5, 0.6) is 0 Å². The highest BCUT2D eigenvalue weighted by Crippen LogP contribution is 2.06. The summed E-state index contributed by atoms with van der Waals surface area (Å²) in [6.45, 7) is 3.43. The molecule has 0 fully saturated rings. The second-order valence-electron chi connectivity index (χ2n) is 4.75. The molecule has 0 unspecified atom stereocenters. The van der Waals surface area contributed by atoms with Crippen molar-refractivity contribution in [1.29, 1.82) is 0 Å². The summed E-state index contributed by atoms with van der Waals surface area (Å²) in [6, 6.07) is 2.15. The number of amides is 1. The molecule has 0 radical (unpaired) electrons. The molecule has 0 aromatic carbocycles.